The summed E-state index contributed by atoms with van der Waals surface area (Å²) in [6.07, 6.45) is 1.83. The molecule has 1 N–H and O–H groups in total. The zero-order valence-corrected chi connectivity index (χ0v) is 21.9. The van der Waals surface area contributed by atoms with Crippen LogP contribution in [0.3, 0.4) is 0 Å². The molecule has 0 radical (unpaired) electrons. The molecule has 0 spiro atoms. The second-order valence-corrected chi connectivity index (χ2v) is 10.1. The number of esters is 1. The van der Waals surface area contributed by atoms with Crippen molar-refractivity contribution in [3.05, 3.63) is 88.1 Å². The van der Waals surface area contributed by atoms with Crippen LogP contribution in [0.1, 0.15) is 57.3 Å². The zero-order valence-electron chi connectivity index (χ0n) is 21.1. The fraction of sp³-hybridized carbons (Fsp3) is 0.310. The van der Waals surface area contributed by atoms with E-state index in [-0.39, 0.29) is 24.1 Å². The fourth-order valence-electron chi connectivity index (χ4n) is 4.67. The Morgan fingerprint density at radius 3 is 2.58 bits per heavy atom. The lowest BCUT2D eigenvalue weighted by Gasteiger charge is -2.30. The molecule has 0 bridgehead atoms. The van der Waals surface area contributed by atoms with Crippen LogP contribution < -0.4 is 5.32 Å². The predicted molar refractivity (Wildman–Crippen MR) is 144 cm³/mol. The second kappa shape index (κ2) is 11.6. The highest BCUT2D eigenvalue weighted by Gasteiger charge is 2.29. The van der Waals surface area contributed by atoms with Gasteiger partial charge in [-0.15, -0.1) is 11.3 Å². The number of carbonyl (C=O) groups excluding carboxylic acids is 3. The first-order chi connectivity index (χ1) is 18.5. The Kier molecular flexibility index (Phi) is 7.83. The van der Waals surface area contributed by atoms with Gasteiger partial charge in [0, 0.05) is 36.2 Å². The van der Waals surface area contributed by atoms with Crippen LogP contribution in [0.25, 0.3) is 11.0 Å². The van der Waals surface area contributed by atoms with E-state index in [4.69, 9.17) is 9.15 Å². The summed E-state index contributed by atoms with van der Waals surface area (Å²) in [5.41, 5.74) is 1.91. The summed E-state index contributed by atoms with van der Waals surface area (Å²) >= 11 is 1.43. The molecule has 1 unspecified atom stereocenters. The molecule has 2 amide bonds. The Bertz CT molecular complexity index is 1390. The number of aromatic nitrogens is 1. The summed E-state index contributed by atoms with van der Waals surface area (Å²) in [6.45, 7) is 3.15. The maximum Gasteiger partial charge on any atom is 0.328 e. The molecule has 3 heterocycles. The van der Waals surface area contributed by atoms with Crippen molar-refractivity contribution in [3.63, 3.8) is 0 Å². The Hall–Kier alpha value is -3.98. The van der Waals surface area contributed by atoms with Crippen LogP contribution in [0.4, 0.5) is 0 Å². The zero-order chi connectivity index (χ0) is 26.5. The van der Waals surface area contributed by atoms with Crippen molar-refractivity contribution in [1.82, 2.24) is 15.2 Å². The number of furan rings is 1. The smallest absolute Gasteiger partial charge is 0.328 e. The van der Waals surface area contributed by atoms with Crippen LogP contribution in [0.2, 0.25) is 0 Å². The van der Waals surface area contributed by atoms with Gasteiger partial charge in [0.05, 0.1) is 11.6 Å². The number of ether oxygens (including phenoxy) is 1. The maximum atomic E-state index is 13.0. The van der Waals surface area contributed by atoms with Crippen LogP contribution in [0, 0.1) is 0 Å². The van der Waals surface area contributed by atoms with E-state index in [0.29, 0.717) is 30.9 Å². The van der Waals surface area contributed by atoms with E-state index >= 15 is 0 Å². The molecule has 1 fully saturated rings. The first kappa shape index (κ1) is 25.7. The molecular weight excluding hydrogens is 502 g/mol. The topological polar surface area (TPSA) is 102 Å². The van der Waals surface area contributed by atoms with Gasteiger partial charge in [-0.1, -0.05) is 48.5 Å². The average Bonchev–Trinajstić information content (AvgIpc) is 3.61. The van der Waals surface area contributed by atoms with E-state index in [0.717, 1.165) is 28.8 Å². The molecule has 1 atom stereocenters. The number of nitrogens with one attached hydrogen (secondary N) is 1. The van der Waals surface area contributed by atoms with Crippen LogP contribution in [0.15, 0.2) is 70.5 Å². The van der Waals surface area contributed by atoms with Crippen molar-refractivity contribution in [2.24, 2.45) is 0 Å². The molecule has 4 aromatic rings. The van der Waals surface area contributed by atoms with Gasteiger partial charge in [0.2, 0.25) is 0 Å². The normalized spacial score (nSPS) is 14.8. The van der Waals surface area contributed by atoms with E-state index in [2.05, 4.69) is 10.3 Å². The maximum absolute atomic E-state index is 13.0. The van der Waals surface area contributed by atoms with Crippen LogP contribution in [-0.2, 0) is 16.0 Å². The first-order valence-electron chi connectivity index (χ1n) is 12.8. The highest BCUT2D eigenvalue weighted by Crippen LogP contribution is 2.31. The number of hydrogen-bond acceptors (Lipinski definition) is 7. The molecule has 2 aromatic carbocycles. The summed E-state index contributed by atoms with van der Waals surface area (Å²) in [4.78, 5) is 44.9. The van der Waals surface area contributed by atoms with Crippen molar-refractivity contribution >= 4 is 40.1 Å². The van der Waals surface area contributed by atoms with Gasteiger partial charge in [-0.05, 0) is 37.5 Å². The minimum Gasteiger partial charge on any atom is -0.464 e. The molecular formula is C29H29N3O5S. The van der Waals surface area contributed by atoms with E-state index in [1.807, 2.05) is 59.5 Å². The minimum absolute atomic E-state index is 0.109. The van der Waals surface area contributed by atoms with Gasteiger partial charge in [-0.25, -0.2) is 9.78 Å². The van der Waals surface area contributed by atoms with Crippen molar-refractivity contribution in [2.75, 3.05) is 19.7 Å². The molecule has 1 saturated heterocycles. The number of para-hydroxylation sites is 1. The summed E-state index contributed by atoms with van der Waals surface area (Å²) in [6, 6.07) is 18.1. The number of fused-ring (bicyclic) bond motifs is 1. The van der Waals surface area contributed by atoms with Crippen molar-refractivity contribution in [1.29, 1.82) is 0 Å². The number of benzene rings is 2. The van der Waals surface area contributed by atoms with E-state index in [1.165, 1.54) is 11.3 Å². The first-order valence-corrected chi connectivity index (χ1v) is 13.6. The molecule has 38 heavy (non-hydrogen) atoms. The van der Waals surface area contributed by atoms with E-state index in [9.17, 15) is 14.4 Å². The molecule has 8 nitrogen and oxygen atoms in total. The number of thiazole rings is 1. The number of likely N-dealkylation sites (tertiary alicyclic amines) is 1. The summed E-state index contributed by atoms with van der Waals surface area (Å²) in [7, 11) is 0. The molecule has 196 valence electrons. The lowest BCUT2D eigenvalue weighted by atomic mass is 9.97. The van der Waals surface area contributed by atoms with Crippen LogP contribution in [0.5, 0.6) is 0 Å². The predicted octanol–water partition coefficient (Wildman–Crippen LogP) is 4.81. The number of amides is 2. The Morgan fingerprint density at radius 2 is 1.84 bits per heavy atom. The SMILES string of the molecule is CCOC(=O)C(Cc1ccccc1)NC(=O)c1csc(C2CCN(C(=O)c3cc4ccccc4o3)CC2)n1. The highest BCUT2D eigenvalue weighted by atomic mass is 32.1. The largest absolute Gasteiger partial charge is 0.464 e. The summed E-state index contributed by atoms with van der Waals surface area (Å²) < 4.78 is 10.9. The fourth-order valence-corrected chi connectivity index (χ4v) is 5.64. The van der Waals surface area contributed by atoms with Gasteiger partial charge in [0.25, 0.3) is 11.8 Å². The highest BCUT2D eigenvalue weighted by molar-refractivity contribution is 7.09. The molecule has 1 aliphatic heterocycles. The number of hydrogen-bond donors (Lipinski definition) is 1. The molecule has 0 aliphatic carbocycles. The third kappa shape index (κ3) is 5.78. The quantitative estimate of drug-likeness (QED) is 0.327. The molecule has 0 saturated carbocycles. The Balaban J connectivity index is 1.19. The number of rotatable bonds is 8. The van der Waals surface area contributed by atoms with Crippen LogP contribution >= 0.6 is 11.3 Å². The van der Waals surface area contributed by atoms with E-state index < -0.39 is 17.9 Å². The number of nitrogens with zero attached hydrogens (tertiary/aromatic N) is 2. The van der Waals surface area contributed by atoms with Gasteiger partial charge in [0.15, 0.2) is 5.76 Å². The lowest BCUT2D eigenvalue weighted by Crippen LogP contribution is -2.43. The second-order valence-electron chi connectivity index (χ2n) is 9.25. The van der Waals surface area contributed by atoms with Crippen molar-refractivity contribution in [3.8, 4) is 0 Å². The van der Waals surface area contributed by atoms with Crippen molar-refractivity contribution < 1.29 is 23.5 Å². The number of piperidine rings is 1. The van der Waals surface area contributed by atoms with Gasteiger partial charge in [-0.3, -0.25) is 9.59 Å². The molecule has 2 aromatic heterocycles. The third-order valence-corrected chi connectivity index (χ3v) is 7.69. The van der Waals surface area contributed by atoms with E-state index in [1.54, 1.807) is 18.4 Å². The van der Waals surface area contributed by atoms with Gasteiger partial charge < -0.3 is 19.4 Å². The lowest BCUT2D eigenvalue weighted by molar-refractivity contribution is -0.145. The monoisotopic (exact) mass is 531 g/mol. The third-order valence-electron chi connectivity index (χ3n) is 6.68. The van der Waals surface area contributed by atoms with Gasteiger partial charge in [0.1, 0.15) is 17.3 Å². The Morgan fingerprint density at radius 1 is 1.11 bits per heavy atom. The van der Waals surface area contributed by atoms with Gasteiger partial charge in [-0.2, -0.15) is 0 Å². The summed E-state index contributed by atoms with van der Waals surface area (Å²) in [5.74, 6) is -0.473. The number of carbonyl (C=O) groups is 3. The average molecular weight is 532 g/mol. The minimum atomic E-state index is -0.803. The van der Waals surface area contributed by atoms with Gasteiger partial charge >= 0.3 is 5.97 Å². The molecule has 9 heteroatoms. The molecule has 5 rings (SSSR count). The molecule has 1 aliphatic rings. The van der Waals surface area contributed by atoms with Crippen LogP contribution in [-0.4, -0.2) is 53.4 Å². The van der Waals surface area contributed by atoms with Crippen molar-refractivity contribution in [2.45, 2.75) is 38.1 Å². The Labute approximate surface area is 224 Å². The summed E-state index contributed by atoms with van der Waals surface area (Å²) in [5, 5.41) is 6.30. The standard InChI is InChI=1S/C29H29N3O5S/c1-2-36-29(35)22(16-19-8-4-3-5-9-19)30-26(33)23-18-38-27(31-23)20-12-14-32(15-13-20)28(34)25-17-21-10-6-7-11-24(21)37-25/h3-11,17-18,20,22H,2,12-16H2,1H3,(H,30,33).